The van der Waals surface area contributed by atoms with Gasteiger partial charge in [0.1, 0.15) is 13.2 Å². The molecule has 1 aliphatic rings. The van der Waals surface area contributed by atoms with E-state index in [1.807, 2.05) is 6.07 Å². The van der Waals surface area contributed by atoms with Crippen LogP contribution in [0.15, 0.2) is 50.8 Å². The first-order chi connectivity index (χ1) is 14.6. The van der Waals surface area contributed by atoms with Crippen LogP contribution in [0.3, 0.4) is 0 Å². The van der Waals surface area contributed by atoms with Gasteiger partial charge in [0.2, 0.25) is 0 Å². The monoisotopic (exact) mass is 490 g/mol. The Balaban J connectivity index is 1.60. The van der Waals surface area contributed by atoms with Gasteiger partial charge >= 0.3 is 0 Å². The Bertz CT molecular complexity index is 1160. The van der Waals surface area contributed by atoms with Gasteiger partial charge in [0.05, 0.1) is 29.8 Å². The zero-order valence-electron chi connectivity index (χ0n) is 16.2. The molecule has 2 heterocycles. The Hall–Kier alpha value is -2.36. The lowest BCUT2D eigenvalue weighted by Gasteiger charge is -2.18. The van der Waals surface area contributed by atoms with Crippen molar-refractivity contribution < 1.29 is 19.0 Å². The van der Waals surface area contributed by atoms with Crippen LogP contribution in [-0.2, 0) is 11.3 Å². The van der Waals surface area contributed by atoms with Gasteiger partial charge < -0.3 is 14.2 Å². The van der Waals surface area contributed by atoms with E-state index in [-0.39, 0.29) is 17.1 Å². The van der Waals surface area contributed by atoms with Crippen LogP contribution in [0.5, 0.6) is 11.5 Å². The quantitative estimate of drug-likeness (QED) is 0.284. The van der Waals surface area contributed by atoms with Crippen molar-refractivity contribution in [2.75, 3.05) is 32.7 Å². The molecule has 3 aromatic rings. The minimum Gasteiger partial charge on any atom is -0.486 e. The second kappa shape index (κ2) is 9.20. The predicted molar refractivity (Wildman–Crippen MR) is 118 cm³/mol. The van der Waals surface area contributed by atoms with Crippen LogP contribution < -0.4 is 15.0 Å². The fourth-order valence-electron chi connectivity index (χ4n) is 3.09. The SMILES string of the molecule is COCCn1c(SCC(=O)c2ccc3c(c2)OCCO3)nc2ccc(Br)cc2c1=O. The average molecular weight is 491 g/mol. The van der Waals surface area contributed by atoms with E-state index in [4.69, 9.17) is 14.2 Å². The number of ether oxygens (including phenoxy) is 3. The number of thioether (sulfide) groups is 1. The number of halogens is 1. The molecule has 9 heteroatoms. The highest BCUT2D eigenvalue weighted by molar-refractivity contribution is 9.10. The lowest BCUT2D eigenvalue weighted by molar-refractivity contribution is 0.102. The molecule has 7 nitrogen and oxygen atoms in total. The molecule has 0 fully saturated rings. The first-order valence-corrected chi connectivity index (χ1v) is 11.1. The minimum atomic E-state index is -0.160. The predicted octanol–water partition coefficient (Wildman–Crippen LogP) is 3.55. The normalized spacial score (nSPS) is 12.9. The van der Waals surface area contributed by atoms with E-state index in [2.05, 4.69) is 20.9 Å². The molecule has 0 saturated heterocycles. The van der Waals surface area contributed by atoms with E-state index in [9.17, 15) is 9.59 Å². The fraction of sp³-hybridized carbons (Fsp3) is 0.286. The van der Waals surface area contributed by atoms with Gasteiger partial charge in [-0.05, 0) is 36.4 Å². The third-order valence-corrected chi connectivity index (χ3v) is 6.07. The summed E-state index contributed by atoms with van der Waals surface area (Å²) in [4.78, 5) is 30.4. The maximum absolute atomic E-state index is 13.0. The summed E-state index contributed by atoms with van der Waals surface area (Å²) in [7, 11) is 1.58. The summed E-state index contributed by atoms with van der Waals surface area (Å²) in [5, 5.41) is 1.00. The summed E-state index contributed by atoms with van der Waals surface area (Å²) in [5.41, 5.74) is 0.959. The van der Waals surface area contributed by atoms with E-state index in [0.29, 0.717) is 59.5 Å². The molecule has 0 bridgehead atoms. The van der Waals surface area contributed by atoms with Crippen LogP contribution in [0, 0.1) is 0 Å². The number of aromatic nitrogens is 2. The number of fused-ring (bicyclic) bond motifs is 2. The lowest BCUT2D eigenvalue weighted by atomic mass is 10.1. The van der Waals surface area contributed by atoms with Gasteiger partial charge in [-0.3, -0.25) is 14.2 Å². The molecule has 1 aliphatic heterocycles. The molecule has 2 aromatic carbocycles. The highest BCUT2D eigenvalue weighted by atomic mass is 79.9. The van der Waals surface area contributed by atoms with E-state index in [1.54, 1.807) is 42.0 Å². The van der Waals surface area contributed by atoms with Crippen molar-refractivity contribution in [3.8, 4) is 11.5 Å². The zero-order chi connectivity index (χ0) is 21.1. The van der Waals surface area contributed by atoms with Crippen LogP contribution in [-0.4, -0.2) is 48.0 Å². The third-order valence-electron chi connectivity index (χ3n) is 4.60. The summed E-state index contributed by atoms with van der Waals surface area (Å²) in [6.07, 6.45) is 0. The number of nitrogens with zero attached hydrogens (tertiary/aromatic N) is 2. The average Bonchev–Trinajstić information content (AvgIpc) is 2.77. The molecule has 0 aliphatic carbocycles. The highest BCUT2D eigenvalue weighted by Crippen LogP contribution is 2.31. The van der Waals surface area contributed by atoms with Crippen LogP contribution in [0.4, 0.5) is 0 Å². The summed E-state index contributed by atoms with van der Waals surface area (Å²) in [5.74, 6) is 1.27. The Kier molecular flexibility index (Phi) is 6.40. The van der Waals surface area contributed by atoms with Gasteiger partial charge in [-0.25, -0.2) is 4.98 Å². The molecule has 1 aromatic heterocycles. The summed E-state index contributed by atoms with van der Waals surface area (Å²) >= 11 is 4.63. The van der Waals surface area contributed by atoms with E-state index in [1.165, 1.54) is 11.8 Å². The summed E-state index contributed by atoms with van der Waals surface area (Å²) in [6, 6.07) is 10.5. The zero-order valence-corrected chi connectivity index (χ0v) is 18.6. The van der Waals surface area contributed by atoms with Crippen molar-refractivity contribution in [1.82, 2.24) is 9.55 Å². The Morgan fingerprint density at radius 3 is 2.80 bits per heavy atom. The molecule has 0 N–H and O–H groups in total. The number of ketones is 1. The summed E-state index contributed by atoms with van der Waals surface area (Å²) in [6.45, 7) is 1.68. The molecular formula is C21H19BrN2O5S. The second-order valence-electron chi connectivity index (χ2n) is 6.58. The molecule has 0 radical (unpaired) electrons. The van der Waals surface area contributed by atoms with Crippen molar-refractivity contribution in [2.45, 2.75) is 11.7 Å². The molecule has 4 rings (SSSR count). The number of hydrogen-bond donors (Lipinski definition) is 0. The first kappa shape index (κ1) is 20.9. The van der Waals surface area contributed by atoms with Gasteiger partial charge in [0.15, 0.2) is 22.4 Å². The molecule has 0 unspecified atom stereocenters. The number of methoxy groups -OCH3 is 1. The number of carbonyl (C=O) groups excluding carboxylic acids is 1. The van der Waals surface area contributed by atoms with Crippen molar-refractivity contribution in [1.29, 1.82) is 0 Å². The number of rotatable bonds is 7. The Morgan fingerprint density at radius 1 is 1.20 bits per heavy atom. The largest absolute Gasteiger partial charge is 0.486 e. The molecule has 0 saturated carbocycles. The van der Waals surface area contributed by atoms with E-state index < -0.39 is 0 Å². The van der Waals surface area contributed by atoms with Crippen LogP contribution in [0.1, 0.15) is 10.4 Å². The second-order valence-corrected chi connectivity index (χ2v) is 8.43. The van der Waals surface area contributed by atoms with E-state index >= 15 is 0 Å². The lowest BCUT2D eigenvalue weighted by Crippen LogP contribution is -2.25. The first-order valence-electron chi connectivity index (χ1n) is 9.31. The van der Waals surface area contributed by atoms with Gasteiger partial charge in [-0.2, -0.15) is 0 Å². The Morgan fingerprint density at radius 2 is 2.00 bits per heavy atom. The van der Waals surface area contributed by atoms with Crippen molar-refractivity contribution in [2.24, 2.45) is 0 Å². The number of benzene rings is 2. The van der Waals surface area contributed by atoms with Gasteiger partial charge in [0.25, 0.3) is 5.56 Å². The van der Waals surface area contributed by atoms with Crippen molar-refractivity contribution in [3.63, 3.8) is 0 Å². The van der Waals surface area contributed by atoms with Crippen LogP contribution in [0.2, 0.25) is 0 Å². The molecule has 30 heavy (non-hydrogen) atoms. The Labute approximate surface area is 185 Å². The van der Waals surface area contributed by atoms with Gasteiger partial charge in [-0.15, -0.1) is 0 Å². The molecular weight excluding hydrogens is 472 g/mol. The van der Waals surface area contributed by atoms with Crippen molar-refractivity contribution in [3.05, 3.63) is 56.8 Å². The van der Waals surface area contributed by atoms with E-state index in [0.717, 1.165) is 4.47 Å². The highest BCUT2D eigenvalue weighted by Gasteiger charge is 2.17. The molecule has 0 amide bonds. The third kappa shape index (κ3) is 4.38. The molecule has 0 spiro atoms. The van der Waals surface area contributed by atoms with Crippen molar-refractivity contribution >= 4 is 44.4 Å². The smallest absolute Gasteiger partial charge is 0.262 e. The van der Waals surface area contributed by atoms with Crippen LogP contribution in [0.25, 0.3) is 10.9 Å². The number of carbonyl (C=O) groups is 1. The maximum Gasteiger partial charge on any atom is 0.262 e. The molecule has 156 valence electrons. The number of Topliss-reactive ketones (excluding diaryl/α,β-unsaturated/α-hetero) is 1. The fourth-order valence-corrected chi connectivity index (χ4v) is 4.37. The standard InChI is InChI=1S/C21H19BrN2O5S/c1-27-7-6-24-20(26)15-11-14(22)3-4-16(15)23-21(24)30-12-17(25)13-2-5-18-19(10-13)29-9-8-28-18/h2-5,10-11H,6-9,12H2,1H3. The van der Waals surface area contributed by atoms with Gasteiger partial charge in [-0.1, -0.05) is 27.7 Å². The maximum atomic E-state index is 13.0. The summed E-state index contributed by atoms with van der Waals surface area (Å²) < 4.78 is 18.6. The van der Waals surface area contributed by atoms with Crippen LogP contribution >= 0.6 is 27.7 Å². The minimum absolute atomic E-state index is 0.0829. The number of hydrogen-bond acceptors (Lipinski definition) is 7. The van der Waals surface area contributed by atoms with Gasteiger partial charge in [0, 0.05) is 17.1 Å². The molecule has 0 atom stereocenters. The topological polar surface area (TPSA) is 79.7 Å².